The number of carbonyl (C=O) groups excluding carboxylic acids is 1. The van der Waals surface area contributed by atoms with Gasteiger partial charge in [0.2, 0.25) is 0 Å². The van der Waals surface area contributed by atoms with Crippen molar-refractivity contribution >= 4 is 11.7 Å². The van der Waals surface area contributed by atoms with Gasteiger partial charge in [-0.1, -0.05) is 0 Å². The van der Waals surface area contributed by atoms with Gasteiger partial charge in [0, 0.05) is 5.69 Å². The molecule has 18 heavy (non-hydrogen) atoms. The number of carbonyl (C=O) groups is 1. The van der Waals surface area contributed by atoms with Gasteiger partial charge in [-0.3, -0.25) is 4.79 Å². The first-order chi connectivity index (χ1) is 8.31. The molecule has 0 fully saturated rings. The summed E-state index contributed by atoms with van der Waals surface area (Å²) in [6, 6.07) is 3.40. The van der Waals surface area contributed by atoms with Crippen LogP contribution in [0.25, 0.3) is 0 Å². The predicted octanol–water partition coefficient (Wildman–Crippen LogP) is 2.27. The number of esters is 1. The molecule has 1 rings (SSSR count). The molecule has 0 aliphatic heterocycles. The maximum absolute atomic E-state index is 12.0. The highest BCUT2D eigenvalue weighted by molar-refractivity contribution is 5.75. The van der Waals surface area contributed by atoms with Gasteiger partial charge in [-0.2, -0.15) is 0 Å². The molecule has 1 aromatic carbocycles. The fourth-order valence-corrected chi connectivity index (χ4v) is 1.30. The number of nitrogen functional groups attached to an aromatic ring is 1. The number of anilines is 1. The summed E-state index contributed by atoms with van der Waals surface area (Å²) < 4.78 is 44.5. The molecule has 0 heterocycles. The standard InChI is InChI=1S/C11H12F3NO3/c1-2-17-10(16)6-7-5-8(3-4-9(7)15)18-11(12,13)14/h3-5H,2,6,15H2,1H3. The Balaban J connectivity index is 2.84. The molecule has 0 saturated carbocycles. The van der Waals surface area contributed by atoms with E-state index in [1.54, 1.807) is 6.92 Å². The lowest BCUT2D eigenvalue weighted by atomic mass is 10.1. The summed E-state index contributed by atoms with van der Waals surface area (Å²) in [5.41, 5.74) is 5.99. The molecule has 0 aromatic heterocycles. The van der Waals surface area contributed by atoms with Crippen LogP contribution in [0.2, 0.25) is 0 Å². The summed E-state index contributed by atoms with van der Waals surface area (Å²) in [5.74, 6) is -0.982. The molecule has 0 aliphatic rings. The number of rotatable bonds is 4. The van der Waals surface area contributed by atoms with E-state index in [9.17, 15) is 18.0 Å². The van der Waals surface area contributed by atoms with E-state index in [4.69, 9.17) is 5.73 Å². The van der Waals surface area contributed by atoms with Crippen LogP contribution in [0.3, 0.4) is 0 Å². The van der Waals surface area contributed by atoms with Crippen molar-refractivity contribution in [3.8, 4) is 5.75 Å². The topological polar surface area (TPSA) is 61.5 Å². The Kier molecular flexibility index (Phi) is 4.41. The highest BCUT2D eigenvalue weighted by Gasteiger charge is 2.31. The maximum atomic E-state index is 12.0. The Bertz CT molecular complexity index is 432. The molecule has 0 saturated heterocycles. The predicted molar refractivity (Wildman–Crippen MR) is 57.9 cm³/mol. The van der Waals surface area contributed by atoms with E-state index in [0.29, 0.717) is 0 Å². The molecule has 0 aliphatic carbocycles. The number of ether oxygens (including phenoxy) is 2. The Morgan fingerprint density at radius 1 is 1.39 bits per heavy atom. The highest BCUT2D eigenvalue weighted by Crippen LogP contribution is 2.26. The molecule has 0 radical (unpaired) electrons. The van der Waals surface area contributed by atoms with E-state index in [0.717, 1.165) is 12.1 Å². The molecule has 2 N–H and O–H groups in total. The number of halogens is 3. The van der Waals surface area contributed by atoms with Crippen molar-refractivity contribution in [3.05, 3.63) is 23.8 Å². The van der Waals surface area contributed by atoms with E-state index >= 15 is 0 Å². The van der Waals surface area contributed by atoms with Crippen LogP contribution in [-0.2, 0) is 16.0 Å². The first-order valence-electron chi connectivity index (χ1n) is 5.11. The van der Waals surface area contributed by atoms with E-state index in [2.05, 4.69) is 9.47 Å². The summed E-state index contributed by atoms with van der Waals surface area (Å²) in [4.78, 5) is 11.2. The average Bonchev–Trinajstić information content (AvgIpc) is 2.21. The Labute approximate surface area is 101 Å². The molecule has 0 amide bonds. The summed E-state index contributed by atoms with van der Waals surface area (Å²) >= 11 is 0. The van der Waals surface area contributed by atoms with Crippen LogP contribution in [0.5, 0.6) is 5.75 Å². The molecule has 4 nitrogen and oxygen atoms in total. The third-order valence-electron chi connectivity index (χ3n) is 1.99. The normalized spacial score (nSPS) is 11.1. The quantitative estimate of drug-likeness (QED) is 0.668. The maximum Gasteiger partial charge on any atom is 0.573 e. The van der Waals surface area contributed by atoms with Crippen molar-refractivity contribution in [2.75, 3.05) is 12.3 Å². The van der Waals surface area contributed by atoms with Crippen LogP contribution in [0, 0.1) is 0 Å². The molecule has 0 bridgehead atoms. The largest absolute Gasteiger partial charge is 0.573 e. The van der Waals surface area contributed by atoms with E-state index in [1.165, 1.54) is 6.07 Å². The van der Waals surface area contributed by atoms with Crippen molar-refractivity contribution in [1.82, 2.24) is 0 Å². The van der Waals surface area contributed by atoms with Gasteiger partial charge in [0.15, 0.2) is 0 Å². The average molecular weight is 263 g/mol. The van der Waals surface area contributed by atoms with Gasteiger partial charge in [-0.25, -0.2) is 0 Å². The Morgan fingerprint density at radius 2 is 2.06 bits per heavy atom. The number of benzene rings is 1. The minimum absolute atomic E-state index is 0.192. The van der Waals surface area contributed by atoms with Gasteiger partial charge in [0.25, 0.3) is 0 Å². The molecule has 7 heteroatoms. The number of nitrogens with two attached hydrogens (primary N) is 1. The lowest BCUT2D eigenvalue weighted by Crippen LogP contribution is -2.17. The fraction of sp³-hybridized carbons (Fsp3) is 0.364. The third-order valence-corrected chi connectivity index (χ3v) is 1.99. The monoisotopic (exact) mass is 263 g/mol. The summed E-state index contributed by atoms with van der Waals surface area (Å²) in [6.07, 6.45) is -4.98. The second-order valence-electron chi connectivity index (χ2n) is 3.39. The molecule has 0 atom stereocenters. The van der Waals surface area contributed by atoms with Gasteiger partial charge in [-0.15, -0.1) is 13.2 Å². The van der Waals surface area contributed by atoms with Crippen molar-refractivity contribution in [3.63, 3.8) is 0 Å². The minimum Gasteiger partial charge on any atom is -0.466 e. The van der Waals surface area contributed by atoms with Gasteiger partial charge in [0.1, 0.15) is 5.75 Å². The van der Waals surface area contributed by atoms with Crippen molar-refractivity contribution in [1.29, 1.82) is 0 Å². The van der Waals surface area contributed by atoms with Gasteiger partial charge in [-0.05, 0) is 30.7 Å². The first-order valence-corrected chi connectivity index (χ1v) is 5.11. The van der Waals surface area contributed by atoms with Gasteiger partial charge >= 0.3 is 12.3 Å². The Morgan fingerprint density at radius 3 is 2.61 bits per heavy atom. The molecular formula is C11H12F3NO3. The summed E-state index contributed by atoms with van der Waals surface area (Å²) in [6.45, 7) is 1.82. The zero-order valence-corrected chi connectivity index (χ0v) is 9.58. The fourth-order valence-electron chi connectivity index (χ4n) is 1.30. The van der Waals surface area contributed by atoms with Crippen LogP contribution in [0.1, 0.15) is 12.5 Å². The molecule has 0 spiro atoms. The Hall–Kier alpha value is -1.92. The van der Waals surface area contributed by atoms with E-state index < -0.39 is 18.1 Å². The minimum atomic E-state index is -4.78. The second-order valence-corrected chi connectivity index (χ2v) is 3.39. The van der Waals surface area contributed by atoms with Crippen LogP contribution >= 0.6 is 0 Å². The van der Waals surface area contributed by atoms with E-state index in [-0.39, 0.29) is 24.3 Å². The first kappa shape index (κ1) is 14.1. The van der Waals surface area contributed by atoms with Crippen LogP contribution < -0.4 is 10.5 Å². The van der Waals surface area contributed by atoms with Crippen molar-refractivity contribution < 1.29 is 27.4 Å². The van der Waals surface area contributed by atoms with Crippen molar-refractivity contribution in [2.45, 2.75) is 19.7 Å². The highest BCUT2D eigenvalue weighted by atomic mass is 19.4. The van der Waals surface area contributed by atoms with E-state index in [1.807, 2.05) is 0 Å². The summed E-state index contributed by atoms with van der Waals surface area (Å²) in [5, 5.41) is 0. The zero-order chi connectivity index (χ0) is 13.8. The smallest absolute Gasteiger partial charge is 0.466 e. The lowest BCUT2D eigenvalue weighted by molar-refractivity contribution is -0.274. The number of hydrogen-bond donors (Lipinski definition) is 1. The van der Waals surface area contributed by atoms with Gasteiger partial charge in [0.05, 0.1) is 13.0 Å². The number of hydrogen-bond acceptors (Lipinski definition) is 4. The molecule has 1 aromatic rings. The summed E-state index contributed by atoms with van der Waals surface area (Å²) in [7, 11) is 0. The number of alkyl halides is 3. The molecule has 100 valence electrons. The van der Waals surface area contributed by atoms with Crippen LogP contribution in [0.15, 0.2) is 18.2 Å². The van der Waals surface area contributed by atoms with Crippen LogP contribution in [-0.4, -0.2) is 18.9 Å². The van der Waals surface area contributed by atoms with Gasteiger partial charge < -0.3 is 15.2 Å². The lowest BCUT2D eigenvalue weighted by Gasteiger charge is -2.11. The van der Waals surface area contributed by atoms with Crippen LogP contribution in [0.4, 0.5) is 18.9 Å². The van der Waals surface area contributed by atoms with Crippen molar-refractivity contribution in [2.24, 2.45) is 0 Å². The SMILES string of the molecule is CCOC(=O)Cc1cc(OC(F)(F)F)ccc1N. The zero-order valence-electron chi connectivity index (χ0n) is 9.58. The second kappa shape index (κ2) is 5.61. The molecule has 0 unspecified atom stereocenters. The molecular weight excluding hydrogens is 251 g/mol. The third kappa shape index (κ3) is 4.52.